The maximum Gasteiger partial charge on any atom is 0.338 e. The summed E-state index contributed by atoms with van der Waals surface area (Å²) in [6, 6.07) is 6.99. The normalized spacial score (nSPS) is 20.5. The molecule has 25 heavy (non-hydrogen) atoms. The SMILES string of the molecule is COCCOC(=O)C1=C(C)N(C2CC2)C(=O)NC1c1ccccc1Br. The fourth-order valence-electron chi connectivity index (χ4n) is 3.03. The summed E-state index contributed by atoms with van der Waals surface area (Å²) in [5, 5.41) is 2.96. The minimum Gasteiger partial charge on any atom is -0.460 e. The van der Waals surface area contributed by atoms with Crippen molar-refractivity contribution < 1.29 is 19.1 Å². The van der Waals surface area contributed by atoms with Crippen molar-refractivity contribution in [2.24, 2.45) is 0 Å². The third kappa shape index (κ3) is 3.72. The van der Waals surface area contributed by atoms with Crippen molar-refractivity contribution in [2.45, 2.75) is 31.8 Å². The molecule has 1 aromatic carbocycles. The van der Waals surface area contributed by atoms with Gasteiger partial charge in [0.15, 0.2) is 0 Å². The highest BCUT2D eigenvalue weighted by Crippen LogP contribution is 2.39. The van der Waals surface area contributed by atoms with Crippen molar-refractivity contribution >= 4 is 27.9 Å². The van der Waals surface area contributed by atoms with E-state index in [1.807, 2.05) is 31.2 Å². The number of halogens is 1. The number of carbonyl (C=O) groups is 2. The second kappa shape index (κ2) is 7.58. The number of rotatable bonds is 6. The summed E-state index contributed by atoms with van der Waals surface area (Å²) in [6.45, 7) is 2.32. The van der Waals surface area contributed by atoms with Crippen LogP contribution >= 0.6 is 15.9 Å². The van der Waals surface area contributed by atoms with Crippen LogP contribution in [0.15, 0.2) is 40.0 Å². The molecule has 1 fully saturated rings. The molecule has 134 valence electrons. The minimum absolute atomic E-state index is 0.168. The molecule has 1 heterocycles. The van der Waals surface area contributed by atoms with E-state index in [-0.39, 0.29) is 18.7 Å². The number of benzene rings is 1. The molecule has 3 rings (SSSR count). The van der Waals surface area contributed by atoms with Crippen LogP contribution < -0.4 is 5.32 Å². The first-order valence-electron chi connectivity index (χ1n) is 8.25. The van der Waals surface area contributed by atoms with Gasteiger partial charge in [0.2, 0.25) is 0 Å². The topological polar surface area (TPSA) is 67.9 Å². The number of allylic oxidation sites excluding steroid dienone is 1. The summed E-state index contributed by atoms with van der Waals surface area (Å²) in [6.07, 6.45) is 1.91. The predicted octanol–water partition coefficient (Wildman–Crippen LogP) is 3.14. The Bertz CT molecular complexity index is 715. The van der Waals surface area contributed by atoms with Crippen LogP contribution in [0.1, 0.15) is 31.4 Å². The van der Waals surface area contributed by atoms with Gasteiger partial charge >= 0.3 is 12.0 Å². The molecule has 1 unspecified atom stereocenters. The number of methoxy groups -OCH3 is 1. The molecule has 1 aliphatic carbocycles. The molecule has 1 aliphatic heterocycles. The van der Waals surface area contributed by atoms with Gasteiger partial charge in [0.1, 0.15) is 6.61 Å². The van der Waals surface area contributed by atoms with Crippen LogP contribution in [0.25, 0.3) is 0 Å². The van der Waals surface area contributed by atoms with Crippen molar-refractivity contribution in [1.82, 2.24) is 10.2 Å². The fraction of sp³-hybridized carbons (Fsp3) is 0.444. The number of urea groups is 1. The molecular weight excluding hydrogens is 388 g/mol. The lowest BCUT2D eigenvalue weighted by molar-refractivity contribution is -0.140. The number of ether oxygens (including phenoxy) is 2. The van der Waals surface area contributed by atoms with Gasteiger partial charge in [-0.3, -0.25) is 4.90 Å². The van der Waals surface area contributed by atoms with Crippen molar-refractivity contribution in [2.75, 3.05) is 20.3 Å². The lowest BCUT2D eigenvalue weighted by Crippen LogP contribution is -2.49. The van der Waals surface area contributed by atoms with E-state index in [0.29, 0.717) is 17.9 Å². The molecule has 1 saturated carbocycles. The van der Waals surface area contributed by atoms with Gasteiger partial charge in [-0.15, -0.1) is 0 Å². The largest absolute Gasteiger partial charge is 0.460 e. The Morgan fingerprint density at radius 2 is 2.04 bits per heavy atom. The number of amides is 2. The molecule has 1 N–H and O–H groups in total. The number of nitrogens with one attached hydrogen (secondary N) is 1. The van der Waals surface area contributed by atoms with Crippen molar-refractivity contribution in [3.05, 3.63) is 45.6 Å². The second-order valence-corrected chi connectivity index (χ2v) is 6.99. The summed E-state index contributed by atoms with van der Waals surface area (Å²) in [5.41, 5.74) is 1.95. The van der Waals surface area contributed by atoms with E-state index in [1.165, 1.54) is 0 Å². The van der Waals surface area contributed by atoms with Crippen molar-refractivity contribution in [3.63, 3.8) is 0 Å². The number of esters is 1. The molecule has 0 aromatic heterocycles. The van der Waals surface area contributed by atoms with Crippen molar-refractivity contribution in [3.8, 4) is 0 Å². The van der Waals surface area contributed by atoms with Gasteiger partial charge < -0.3 is 14.8 Å². The van der Waals surface area contributed by atoms with Gasteiger partial charge in [0.05, 0.1) is 18.2 Å². The van der Waals surface area contributed by atoms with E-state index in [0.717, 1.165) is 22.9 Å². The lowest BCUT2D eigenvalue weighted by Gasteiger charge is -2.35. The van der Waals surface area contributed by atoms with Gasteiger partial charge in [-0.2, -0.15) is 0 Å². The Morgan fingerprint density at radius 1 is 1.32 bits per heavy atom. The first kappa shape index (κ1) is 17.9. The van der Waals surface area contributed by atoms with Crippen LogP contribution in [0, 0.1) is 0 Å². The maximum atomic E-state index is 12.7. The first-order valence-corrected chi connectivity index (χ1v) is 9.05. The summed E-state index contributed by atoms with van der Waals surface area (Å²) in [5.74, 6) is -0.430. The van der Waals surface area contributed by atoms with Crippen LogP contribution in [0.2, 0.25) is 0 Å². The minimum atomic E-state index is -0.548. The van der Waals surface area contributed by atoms with E-state index in [2.05, 4.69) is 21.2 Å². The molecule has 0 spiro atoms. The molecule has 1 aromatic rings. The zero-order valence-electron chi connectivity index (χ0n) is 14.3. The van der Waals surface area contributed by atoms with Gasteiger partial charge in [-0.25, -0.2) is 9.59 Å². The Labute approximate surface area is 155 Å². The molecule has 2 aliphatic rings. The third-order valence-electron chi connectivity index (χ3n) is 4.40. The van der Waals surface area contributed by atoms with Gasteiger partial charge in [0, 0.05) is 23.3 Å². The number of hydrogen-bond acceptors (Lipinski definition) is 4. The van der Waals surface area contributed by atoms with Crippen molar-refractivity contribution in [1.29, 1.82) is 0 Å². The zero-order chi connectivity index (χ0) is 18.0. The average Bonchev–Trinajstić information content (AvgIpc) is 3.39. The molecule has 6 nitrogen and oxygen atoms in total. The summed E-state index contributed by atoms with van der Waals surface area (Å²) in [7, 11) is 1.55. The van der Waals surface area contributed by atoms with E-state index < -0.39 is 12.0 Å². The highest BCUT2D eigenvalue weighted by Gasteiger charge is 2.42. The quantitative estimate of drug-likeness (QED) is 0.579. The highest BCUT2D eigenvalue weighted by atomic mass is 79.9. The fourth-order valence-corrected chi connectivity index (χ4v) is 3.55. The van der Waals surface area contributed by atoms with Gasteiger partial charge in [-0.05, 0) is 31.4 Å². The maximum absolute atomic E-state index is 12.7. The van der Waals surface area contributed by atoms with E-state index in [1.54, 1.807) is 12.0 Å². The molecule has 7 heteroatoms. The van der Waals surface area contributed by atoms with E-state index in [4.69, 9.17) is 9.47 Å². The van der Waals surface area contributed by atoms with Crippen LogP contribution in [0.3, 0.4) is 0 Å². The van der Waals surface area contributed by atoms with E-state index >= 15 is 0 Å². The van der Waals surface area contributed by atoms with Crippen LogP contribution in [-0.2, 0) is 14.3 Å². The Morgan fingerprint density at radius 3 is 2.68 bits per heavy atom. The van der Waals surface area contributed by atoms with Crippen LogP contribution in [0.4, 0.5) is 4.79 Å². The molecule has 2 amide bonds. The van der Waals surface area contributed by atoms with Gasteiger partial charge in [0.25, 0.3) is 0 Å². The number of hydrogen-bond donors (Lipinski definition) is 1. The molecular formula is C18H21BrN2O4. The smallest absolute Gasteiger partial charge is 0.338 e. The average molecular weight is 409 g/mol. The predicted molar refractivity (Wildman–Crippen MR) is 95.8 cm³/mol. The molecule has 0 saturated heterocycles. The molecule has 1 atom stereocenters. The highest BCUT2D eigenvalue weighted by molar-refractivity contribution is 9.10. The molecule has 0 radical (unpaired) electrons. The standard InChI is InChI=1S/C18H21BrN2O4/c1-11-15(17(22)25-10-9-24-2)16(13-5-3-4-6-14(13)19)20-18(23)21(11)12-7-8-12/h3-6,12,16H,7-10H2,1-2H3,(H,20,23). The third-order valence-corrected chi connectivity index (χ3v) is 5.12. The second-order valence-electron chi connectivity index (χ2n) is 6.13. The zero-order valence-corrected chi connectivity index (χ0v) is 15.8. The monoisotopic (exact) mass is 408 g/mol. The first-order chi connectivity index (χ1) is 12.0. The van der Waals surface area contributed by atoms with Crippen LogP contribution in [0.5, 0.6) is 0 Å². The summed E-state index contributed by atoms with van der Waals surface area (Å²) in [4.78, 5) is 27.0. The number of carbonyl (C=O) groups excluding carboxylic acids is 2. The number of nitrogens with zero attached hydrogens (tertiary/aromatic N) is 1. The summed E-state index contributed by atoms with van der Waals surface area (Å²) >= 11 is 3.51. The van der Waals surface area contributed by atoms with E-state index in [9.17, 15) is 9.59 Å². The Kier molecular flexibility index (Phi) is 5.44. The Hall–Kier alpha value is -1.86. The lowest BCUT2D eigenvalue weighted by atomic mass is 9.95. The van der Waals surface area contributed by atoms with Gasteiger partial charge in [-0.1, -0.05) is 34.1 Å². The van der Waals surface area contributed by atoms with Crippen LogP contribution in [-0.4, -0.2) is 43.3 Å². The molecule has 0 bridgehead atoms. The Balaban J connectivity index is 1.99. The summed E-state index contributed by atoms with van der Waals surface area (Å²) < 4.78 is 11.1.